The summed E-state index contributed by atoms with van der Waals surface area (Å²) in [6, 6.07) is 5.57. The molecule has 0 fully saturated rings. The SMILES string of the molecule is CNc1nnc(-c2cc(OC)ccc2OC)n1C. The van der Waals surface area contributed by atoms with Crippen molar-refractivity contribution in [2.45, 2.75) is 0 Å². The fraction of sp³-hybridized carbons (Fsp3) is 0.333. The molecule has 0 aliphatic rings. The van der Waals surface area contributed by atoms with Crippen LogP contribution in [0.4, 0.5) is 5.95 Å². The second kappa shape index (κ2) is 4.95. The standard InChI is InChI=1S/C12H16N4O2/c1-13-12-15-14-11(16(12)2)9-7-8(17-3)5-6-10(9)18-4/h5-7H,1-4H3,(H,13,15). The molecule has 0 unspecified atom stereocenters. The highest BCUT2D eigenvalue weighted by atomic mass is 16.5. The van der Waals surface area contributed by atoms with E-state index in [9.17, 15) is 0 Å². The molecule has 2 rings (SSSR count). The Bertz CT molecular complexity index is 551. The maximum Gasteiger partial charge on any atom is 0.224 e. The Morgan fingerprint density at radius 1 is 1.17 bits per heavy atom. The van der Waals surface area contributed by atoms with Crippen molar-refractivity contribution >= 4 is 5.95 Å². The maximum atomic E-state index is 5.34. The molecule has 1 aromatic carbocycles. The minimum atomic E-state index is 0.690. The summed E-state index contributed by atoms with van der Waals surface area (Å²) in [5.74, 6) is 2.89. The lowest BCUT2D eigenvalue weighted by atomic mass is 10.1. The molecule has 2 aromatic rings. The van der Waals surface area contributed by atoms with Crippen molar-refractivity contribution in [3.05, 3.63) is 18.2 Å². The van der Waals surface area contributed by atoms with Gasteiger partial charge in [-0.2, -0.15) is 0 Å². The predicted molar refractivity (Wildman–Crippen MR) is 69.1 cm³/mol. The van der Waals surface area contributed by atoms with Crippen LogP contribution in [-0.2, 0) is 7.05 Å². The van der Waals surface area contributed by atoms with E-state index in [1.807, 2.05) is 29.8 Å². The average Bonchev–Trinajstić information content (AvgIpc) is 2.78. The quantitative estimate of drug-likeness (QED) is 0.889. The van der Waals surface area contributed by atoms with Crippen molar-refractivity contribution in [2.75, 3.05) is 26.6 Å². The van der Waals surface area contributed by atoms with Gasteiger partial charge in [0.15, 0.2) is 5.82 Å². The first-order valence-corrected chi connectivity index (χ1v) is 5.50. The first-order chi connectivity index (χ1) is 8.71. The minimum Gasteiger partial charge on any atom is -0.497 e. The van der Waals surface area contributed by atoms with E-state index in [0.717, 1.165) is 22.9 Å². The fourth-order valence-electron chi connectivity index (χ4n) is 1.77. The molecular formula is C12H16N4O2. The number of nitrogens with zero attached hydrogens (tertiary/aromatic N) is 3. The number of anilines is 1. The monoisotopic (exact) mass is 248 g/mol. The molecule has 1 aromatic heterocycles. The third kappa shape index (κ3) is 1.97. The second-order valence-corrected chi connectivity index (χ2v) is 3.72. The molecule has 1 heterocycles. The van der Waals surface area contributed by atoms with E-state index in [4.69, 9.17) is 9.47 Å². The summed E-state index contributed by atoms with van der Waals surface area (Å²) in [7, 11) is 6.94. The van der Waals surface area contributed by atoms with Gasteiger partial charge in [-0.1, -0.05) is 0 Å². The molecule has 0 atom stereocenters. The van der Waals surface area contributed by atoms with E-state index < -0.39 is 0 Å². The number of aromatic nitrogens is 3. The van der Waals surface area contributed by atoms with E-state index >= 15 is 0 Å². The van der Waals surface area contributed by atoms with Crippen molar-refractivity contribution in [2.24, 2.45) is 7.05 Å². The van der Waals surface area contributed by atoms with Gasteiger partial charge in [-0.05, 0) is 18.2 Å². The van der Waals surface area contributed by atoms with Gasteiger partial charge in [0.1, 0.15) is 11.5 Å². The van der Waals surface area contributed by atoms with Crippen molar-refractivity contribution in [3.63, 3.8) is 0 Å². The van der Waals surface area contributed by atoms with Crippen LogP contribution in [0.1, 0.15) is 0 Å². The fourth-order valence-corrected chi connectivity index (χ4v) is 1.77. The van der Waals surface area contributed by atoms with E-state index in [1.54, 1.807) is 21.3 Å². The van der Waals surface area contributed by atoms with Crippen LogP contribution < -0.4 is 14.8 Å². The summed E-state index contributed by atoms with van der Waals surface area (Å²) < 4.78 is 12.4. The first-order valence-electron chi connectivity index (χ1n) is 5.50. The van der Waals surface area contributed by atoms with E-state index in [1.165, 1.54) is 0 Å². The van der Waals surface area contributed by atoms with Crippen LogP contribution >= 0.6 is 0 Å². The maximum absolute atomic E-state index is 5.34. The third-order valence-electron chi connectivity index (χ3n) is 2.75. The van der Waals surface area contributed by atoms with Crippen molar-refractivity contribution in [1.82, 2.24) is 14.8 Å². The highest BCUT2D eigenvalue weighted by Gasteiger charge is 2.15. The smallest absolute Gasteiger partial charge is 0.224 e. The highest BCUT2D eigenvalue weighted by molar-refractivity contribution is 5.67. The van der Waals surface area contributed by atoms with Crippen LogP contribution in [0.3, 0.4) is 0 Å². The van der Waals surface area contributed by atoms with Gasteiger partial charge >= 0.3 is 0 Å². The van der Waals surface area contributed by atoms with E-state index in [0.29, 0.717) is 5.95 Å². The van der Waals surface area contributed by atoms with Crippen LogP contribution in [0.15, 0.2) is 18.2 Å². The zero-order valence-electron chi connectivity index (χ0n) is 10.9. The lowest BCUT2D eigenvalue weighted by Crippen LogP contribution is -2.00. The summed E-state index contributed by atoms with van der Waals surface area (Å²) >= 11 is 0. The molecule has 96 valence electrons. The zero-order chi connectivity index (χ0) is 13.1. The molecule has 18 heavy (non-hydrogen) atoms. The first kappa shape index (κ1) is 12.2. The Morgan fingerprint density at radius 2 is 1.94 bits per heavy atom. The zero-order valence-corrected chi connectivity index (χ0v) is 10.9. The molecule has 0 amide bonds. The summed E-state index contributed by atoms with van der Waals surface area (Å²) in [6.45, 7) is 0. The average molecular weight is 248 g/mol. The van der Waals surface area contributed by atoms with Crippen LogP contribution in [0, 0.1) is 0 Å². The Labute approximate surface area is 106 Å². The summed E-state index contributed by atoms with van der Waals surface area (Å²) in [5, 5.41) is 11.2. The highest BCUT2D eigenvalue weighted by Crippen LogP contribution is 2.32. The minimum absolute atomic E-state index is 0.690. The molecule has 0 aliphatic heterocycles. The van der Waals surface area contributed by atoms with Gasteiger partial charge in [0, 0.05) is 14.1 Å². The number of benzene rings is 1. The normalized spacial score (nSPS) is 10.2. The van der Waals surface area contributed by atoms with Crippen molar-refractivity contribution in [1.29, 1.82) is 0 Å². The largest absolute Gasteiger partial charge is 0.497 e. The van der Waals surface area contributed by atoms with E-state index in [-0.39, 0.29) is 0 Å². The van der Waals surface area contributed by atoms with Gasteiger partial charge in [-0.15, -0.1) is 10.2 Å². The Balaban J connectivity index is 2.57. The summed E-state index contributed by atoms with van der Waals surface area (Å²) in [5.41, 5.74) is 0.841. The number of hydrogen-bond donors (Lipinski definition) is 1. The lowest BCUT2D eigenvalue weighted by Gasteiger charge is -2.10. The molecule has 0 saturated heterocycles. The van der Waals surface area contributed by atoms with Crippen LogP contribution in [0.25, 0.3) is 11.4 Å². The molecule has 6 heteroatoms. The number of hydrogen-bond acceptors (Lipinski definition) is 5. The molecule has 1 N–H and O–H groups in total. The number of nitrogens with one attached hydrogen (secondary N) is 1. The Hall–Kier alpha value is -2.24. The van der Waals surface area contributed by atoms with Crippen LogP contribution in [0.5, 0.6) is 11.5 Å². The number of rotatable bonds is 4. The van der Waals surface area contributed by atoms with Crippen LogP contribution in [0.2, 0.25) is 0 Å². The van der Waals surface area contributed by atoms with Crippen LogP contribution in [-0.4, -0.2) is 36.0 Å². The molecule has 0 aliphatic carbocycles. The summed E-state index contributed by atoms with van der Waals surface area (Å²) in [6.07, 6.45) is 0. The van der Waals surface area contributed by atoms with Gasteiger partial charge in [-0.3, -0.25) is 4.57 Å². The Kier molecular flexibility index (Phi) is 3.36. The van der Waals surface area contributed by atoms with Gasteiger partial charge in [0.25, 0.3) is 0 Å². The number of methoxy groups -OCH3 is 2. The third-order valence-corrected chi connectivity index (χ3v) is 2.75. The molecule has 0 bridgehead atoms. The molecule has 6 nitrogen and oxygen atoms in total. The lowest BCUT2D eigenvalue weighted by molar-refractivity contribution is 0.404. The molecular weight excluding hydrogens is 232 g/mol. The molecule has 0 spiro atoms. The Morgan fingerprint density at radius 3 is 2.50 bits per heavy atom. The molecule has 0 radical (unpaired) electrons. The molecule has 0 saturated carbocycles. The van der Waals surface area contributed by atoms with Gasteiger partial charge in [0.05, 0.1) is 19.8 Å². The van der Waals surface area contributed by atoms with Gasteiger partial charge in [-0.25, -0.2) is 0 Å². The summed E-state index contributed by atoms with van der Waals surface area (Å²) in [4.78, 5) is 0. The van der Waals surface area contributed by atoms with Crippen molar-refractivity contribution in [3.8, 4) is 22.9 Å². The van der Waals surface area contributed by atoms with Crippen molar-refractivity contribution < 1.29 is 9.47 Å². The number of ether oxygens (including phenoxy) is 2. The van der Waals surface area contributed by atoms with E-state index in [2.05, 4.69) is 15.5 Å². The topological polar surface area (TPSA) is 61.2 Å². The predicted octanol–water partition coefficient (Wildman–Crippen LogP) is 1.54. The van der Waals surface area contributed by atoms with Gasteiger partial charge in [0.2, 0.25) is 5.95 Å². The second-order valence-electron chi connectivity index (χ2n) is 3.72. The van der Waals surface area contributed by atoms with Gasteiger partial charge < -0.3 is 14.8 Å².